The number of hydrogen-bond acceptors (Lipinski definition) is 4. The third-order valence-corrected chi connectivity index (χ3v) is 3.07. The molecule has 0 saturated heterocycles. The number of carbonyl (C=O) groups excluding carboxylic acids is 2. The zero-order chi connectivity index (χ0) is 15.5. The molecule has 1 N–H and O–H groups in total. The Kier molecular flexibility index (Phi) is 4.87. The molecule has 1 amide bonds. The van der Waals surface area contributed by atoms with E-state index in [-0.39, 0.29) is 5.78 Å². The molecule has 0 aliphatic heterocycles. The van der Waals surface area contributed by atoms with Crippen LogP contribution in [-0.4, -0.2) is 23.9 Å². The van der Waals surface area contributed by atoms with Crippen molar-refractivity contribution in [3.05, 3.63) is 23.0 Å². The van der Waals surface area contributed by atoms with Crippen LogP contribution in [0.5, 0.6) is 5.75 Å². The maximum Gasteiger partial charge on any atom is 0.412 e. The number of aromatic nitrogens is 1. The summed E-state index contributed by atoms with van der Waals surface area (Å²) in [6.07, 6.45) is -0.169. The van der Waals surface area contributed by atoms with Crippen LogP contribution < -0.4 is 10.1 Å². The minimum absolute atomic E-state index is 0.0841. The van der Waals surface area contributed by atoms with Gasteiger partial charge in [-0.3, -0.25) is 9.78 Å². The zero-order valence-electron chi connectivity index (χ0n) is 13.0. The Balaban J connectivity index is 3.35. The molecule has 0 bridgehead atoms. The van der Waals surface area contributed by atoms with Gasteiger partial charge in [-0.2, -0.15) is 0 Å². The van der Waals surface area contributed by atoms with Gasteiger partial charge in [-0.1, -0.05) is 13.8 Å². The lowest BCUT2D eigenvalue weighted by Gasteiger charge is -2.27. The lowest BCUT2D eigenvalue weighted by atomic mass is 9.79. The molecule has 1 rings (SSSR count). The van der Waals surface area contributed by atoms with Gasteiger partial charge in [0.15, 0.2) is 0 Å². The number of Topliss-reactive ketones (excluding diaryl/α,β-unsaturated/α-hetero) is 1. The van der Waals surface area contributed by atoms with Gasteiger partial charge in [0.05, 0.1) is 0 Å². The summed E-state index contributed by atoms with van der Waals surface area (Å²) >= 11 is 0. The maximum absolute atomic E-state index is 11.5. The van der Waals surface area contributed by atoms with E-state index < -0.39 is 11.5 Å². The first kappa shape index (κ1) is 16.1. The average Bonchev–Trinajstić information content (AvgIpc) is 2.25. The summed E-state index contributed by atoms with van der Waals surface area (Å²) in [6, 6.07) is 1.72. The third kappa shape index (κ3) is 3.79. The van der Waals surface area contributed by atoms with Crippen molar-refractivity contribution < 1.29 is 14.3 Å². The van der Waals surface area contributed by atoms with Crippen LogP contribution in [0.15, 0.2) is 6.07 Å². The van der Waals surface area contributed by atoms with Crippen molar-refractivity contribution in [2.24, 2.45) is 0 Å². The predicted molar refractivity (Wildman–Crippen MR) is 77.1 cm³/mol. The normalized spacial score (nSPS) is 11.1. The van der Waals surface area contributed by atoms with E-state index in [9.17, 15) is 9.59 Å². The van der Waals surface area contributed by atoms with E-state index in [1.54, 1.807) is 13.0 Å². The minimum atomic E-state index is -0.533. The number of carbonyl (C=O) groups is 2. The quantitative estimate of drug-likeness (QED) is 0.919. The van der Waals surface area contributed by atoms with E-state index in [4.69, 9.17) is 4.74 Å². The highest BCUT2D eigenvalue weighted by Crippen LogP contribution is 2.36. The number of hydrogen-bond donors (Lipinski definition) is 1. The molecule has 0 aliphatic rings. The van der Waals surface area contributed by atoms with Crippen LogP contribution in [0.25, 0.3) is 0 Å². The first-order valence-electron chi connectivity index (χ1n) is 6.55. The Morgan fingerprint density at radius 1 is 1.35 bits per heavy atom. The van der Waals surface area contributed by atoms with Crippen molar-refractivity contribution in [3.63, 3.8) is 0 Å². The second kappa shape index (κ2) is 6.03. The first-order valence-corrected chi connectivity index (χ1v) is 6.55. The molecule has 0 saturated carbocycles. The van der Waals surface area contributed by atoms with Crippen LogP contribution in [0.3, 0.4) is 0 Å². The maximum atomic E-state index is 11.5. The van der Waals surface area contributed by atoms with Crippen molar-refractivity contribution in [1.29, 1.82) is 0 Å². The highest BCUT2D eigenvalue weighted by atomic mass is 16.6. The zero-order valence-corrected chi connectivity index (χ0v) is 13.0. The van der Waals surface area contributed by atoms with E-state index in [0.29, 0.717) is 12.2 Å². The molecule has 0 aliphatic carbocycles. The molecule has 0 aromatic carbocycles. The number of nitrogens with one attached hydrogen (secondary N) is 1. The number of ketones is 1. The number of pyridine rings is 1. The van der Waals surface area contributed by atoms with E-state index in [0.717, 1.165) is 17.0 Å². The predicted octanol–water partition coefficient (Wildman–Crippen LogP) is 2.67. The Labute approximate surface area is 119 Å². The summed E-state index contributed by atoms with van der Waals surface area (Å²) in [6.45, 7) is 9.15. The van der Waals surface area contributed by atoms with Crippen LogP contribution in [0.2, 0.25) is 0 Å². The van der Waals surface area contributed by atoms with E-state index >= 15 is 0 Å². The van der Waals surface area contributed by atoms with Crippen LogP contribution in [0.4, 0.5) is 4.79 Å². The third-order valence-electron chi connectivity index (χ3n) is 3.07. The van der Waals surface area contributed by atoms with Crippen molar-refractivity contribution in [3.8, 4) is 5.75 Å². The second-order valence-corrected chi connectivity index (χ2v) is 5.62. The topological polar surface area (TPSA) is 68.3 Å². The molecule has 0 fully saturated rings. The lowest BCUT2D eigenvalue weighted by molar-refractivity contribution is -0.118. The van der Waals surface area contributed by atoms with Gasteiger partial charge in [-0.15, -0.1) is 0 Å². The Morgan fingerprint density at radius 3 is 2.45 bits per heavy atom. The summed E-state index contributed by atoms with van der Waals surface area (Å²) < 4.78 is 5.32. The van der Waals surface area contributed by atoms with Crippen LogP contribution in [0, 0.1) is 13.8 Å². The van der Waals surface area contributed by atoms with Gasteiger partial charge in [0.25, 0.3) is 0 Å². The monoisotopic (exact) mass is 278 g/mol. The molecule has 5 heteroatoms. The van der Waals surface area contributed by atoms with Gasteiger partial charge in [0.2, 0.25) is 0 Å². The number of ether oxygens (including phenoxy) is 1. The number of nitrogens with zero attached hydrogens (tertiary/aromatic N) is 1. The van der Waals surface area contributed by atoms with Gasteiger partial charge >= 0.3 is 6.09 Å². The first-order chi connectivity index (χ1) is 9.17. The summed E-state index contributed by atoms with van der Waals surface area (Å²) in [5.74, 6) is 0.543. The Bertz CT molecular complexity index is 536. The molecule has 1 aromatic rings. The number of amides is 1. The van der Waals surface area contributed by atoms with Crippen LogP contribution in [-0.2, 0) is 10.2 Å². The molecular weight excluding hydrogens is 256 g/mol. The molecule has 0 atom stereocenters. The SMILES string of the molecule is CNC(=O)Oc1cc(C)nc(C)c1C(C)(C)CC(C)=O. The Hall–Kier alpha value is -1.91. The number of rotatable bonds is 4. The smallest absolute Gasteiger partial charge is 0.410 e. The molecule has 110 valence electrons. The van der Waals surface area contributed by atoms with Gasteiger partial charge in [-0.25, -0.2) is 4.79 Å². The standard InChI is InChI=1S/C15H22N2O3/c1-9-7-12(20-14(19)16-6)13(11(3)17-9)15(4,5)8-10(2)18/h7H,8H2,1-6H3,(H,16,19). The molecule has 1 aromatic heterocycles. The van der Waals surface area contributed by atoms with Crippen molar-refractivity contribution >= 4 is 11.9 Å². The largest absolute Gasteiger partial charge is 0.412 e. The van der Waals surface area contributed by atoms with Crippen LogP contribution >= 0.6 is 0 Å². The van der Waals surface area contributed by atoms with E-state index in [2.05, 4.69) is 10.3 Å². The van der Waals surface area contributed by atoms with E-state index in [1.165, 1.54) is 7.05 Å². The second-order valence-electron chi connectivity index (χ2n) is 5.62. The summed E-state index contributed by atoms with van der Waals surface area (Å²) in [5, 5.41) is 2.42. The molecular formula is C15H22N2O3. The van der Waals surface area contributed by atoms with Crippen molar-refractivity contribution in [1.82, 2.24) is 10.3 Å². The summed E-state index contributed by atoms with van der Waals surface area (Å²) in [7, 11) is 1.50. The summed E-state index contributed by atoms with van der Waals surface area (Å²) in [4.78, 5) is 27.4. The summed E-state index contributed by atoms with van der Waals surface area (Å²) in [5.41, 5.74) is 1.89. The number of aryl methyl sites for hydroxylation is 2. The lowest BCUT2D eigenvalue weighted by Crippen LogP contribution is -2.27. The molecule has 20 heavy (non-hydrogen) atoms. The van der Waals surface area contributed by atoms with Crippen molar-refractivity contribution in [2.75, 3.05) is 7.05 Å². The average molecular weight is 278 g/mol. The molecule has 0 unspecified atom stereocenters. The fourth-order valence-electron chi connectivity index (χ4n) is 2.56. The van der Waals surface area contributed by atoms with Gasteiger partial charge in [0.1, 0.15) is 11.5 Å². The van der Waals surface area contributed by atoms with Gasteiger partial charge in [-0.05, 0) is 20.8 Å². The molecule has 0 spiro atoms. The van der Waals surface area contributed by atoms with E-state index in [1.807, 2.05) is 27.7 Å². The highest BCUT2D eigenvalue weighted by molar-refractivity contribution is 5.77. The fraction of sp³-hybridized carbons (Fsp3) is 0.533. The van der Waals surface area contributed by atoms with Crippen LogP contribution in [0.1, 0.15) is 44.1 Å². The molecule has 1 heterocycles. The Morgan fingerprint density at radius 2 is 1.95 bits per heavy atom. The van der Waals surface area contributed by atoms with Gasteiger partial charge in [0, 0.05) is 41.9 Å². The molecule has 0 radical (unpaired) electrons. The van der Waals surface area contributed by atoms with Crippen molar-refractivity contribution in [2.45, 2.75) is 46.5 Å². The van der Waals surface area contributed by atoms with Gasteiger partial charge < -0.3 is 10.1 Å². The minimum Gasteiger partial charge on any atom is -0.410 e. The fourth-order valence-corrected chi connectivity index (χ4v) is 2.56. The molecule has 5 nitrogen and oxygen atoms in total. The highest BCUT2D eigenvalue weighted by Gasteiger charge is 2.29.